The molecule has 2 aliphatic rings. The summed E-state index contributed by atoms with van der Waals surface area (Å²) in [5.41, 5.74) is 5.39. The lowest BCUT2D eigenvalue weighted by atomic mass is 9.87. The van der Waals surface area contributed by atoms with Crippen molar-refractivity contribution in [3.63, 3.8) is 0 Å². The highest BCUT2D eigenvalue weighted by atomic mass is 16.5. The fourth-order valence-electron chi connectivity index (χ4n) is 2.76. The van der Waals surface area contributed by atoms with Crippen molar-refractivity contribution in [3.05, 3.63) is 41.7 Å². The van der Waals surface area contributed by atoms with Gasteiger partial charge < -0.3 is 9.47 Å². The van der Waals surface area contributed by atoms with Crippen LogP contribution >= 0.6 is 0 Å². The molecule has 0 saturated carbocycles. The molecule has 2 unspecified atom stereocenters. The number of rotatable bonds is 3. The van der Waals surface area contributed by atoms with Gasteiger partial charge in [-0.05, 0) is 24.5 Å². The molecule has 2 aliphatic heterocycles. The van der Waals surface area contributed by atoms with Gasteiger partial charge in [0, 0.05) is 11.5 Å². The summed E-state index contributed by atoms with van der Waals surface area (Å²) in [6.45, 7) is 1.48. The van der Waals surface area contributed by atoms with Crippen LogP contribution in [0.5, 0.6) is 5.75 Å². The molecule has 1 aromatic rings. The molecule has 2 heterocycles. The van der Waals surface area contributed by atoms with Gasteiger partial charge in [0.05, 0.1) is 25.5 Å². The van der Waals surface area contributed by atoms with Crippen LogP contribution in [0.3, 0.4) is 0 Å². The van der Waals surface area contributed by atoms with Crippen LogP contribution in [0.2, 0.25) is 0 Å². The number of ether oxygens (including phenoxy) is 2. The Morgan fingerprint density at radius 3 is 3.00 bits per heavy atom. The molecule has 4 nitrogen and oxygen atoms in total. The van der Waals surface area contributed by atoms with Crippen LogP contribution in [-0.2, 0) is 4.74 Å². The van der Waals surface area contributed by atoms with Gasteiger partial charge in [0.25, 0.3) is 0 Å². The maximum Gasteiger partial charge on any atom is 0.122 e. The predicted molar refractivity (Wildman–Crippen MR) is 69.1 cm³/mol. The van der Waals surface area contributed by atoms with Gasteiger partial charge in [-0.25, -0.2) is 0 Å². The predicted octanol–water partition coefficient (Wildman–Crippen LogP) is 1.69. The first-order valence-corrected chi connectivity index (χ1v) is 6.38. The lowest BCUT2D eigenvalue weighted by molar-refractivity contribution is 0.214. The molecule has 0 radical (unpaired) electrons. The monoisotopic (exact) mass is 246 g/mol. The molecule has 0 aromatic heterocycles. The molecule has 2 atom stereocenters. The second-order valence-electron chi connectivity index (χ2n) is 4.77. The topological polar surface area (TPSA) is 56.5 Å². The SMILES string of the molecule is NNC(C1=COCCC1)C1COc2ccccc21. The minimum absolute atomic E-state index is 0.0916. The minimum atomic E-state index is 0.0916. The van der Waals surface area contributed by atoms with Crippen molar-refractivity contribution in [1.82, 2.24) is 5.43 Å². The first-order chi connectivity index (χ1) is 8.90. The van der Waals surface area contributed by atoms with Crippen LogP contribution in [0.15, 0.2) is 36.1 Å². The second kappa shape index (κ2) is 5.00. The average Bonchev–Trinajstić information content (AvgIpc) is 2.85. The summed E-state index contributed by atoms with van der Waals surface area (Å²) in [5.74, 6) is 6.97. The van der Waals surface area contributed by atoms with Crippen LogP contribution in [-0.4, -0.2) is 19.3 Å². The maximum absolute atomic E-state index is 5.74. The van der Waals surface area contributed by atoms with E-state index in [2.05, 4.69) is 11.5 Å². The van der Waals surface area contributed by atoms with E-state index in [9.17, 15) is 0 Å². The number of hydrazine groups is 1. The zero-order valence-electron chi connectivity index (χ0n) is 10.3. The normalized spacial score (nSPS) is 23.6. The van der Waals surface area contributed by atoms with Crippen molar-refractivity contribution in [1.29, 1.82) is 0 Å². The van der Waals surface area contributed by atoms with Crippen molar-refractivity contribution < 1.29 is 9.47 Å². The van der Waals surface area contributed by atoms with Gasteiger partial charge in [0.1, 0.15) is 5.75 Å². The van der Waals surface area contributed by atoms with E-state index in [1.165, 1.54) is 11.1 Å². The molecule has 0 aliphatic carbocycles. The van der Waals surface area contributed by atoms with Gasteiger partial charge in [0.15, 0.2) is 0 Å². The Hall–Kier alpha value is -1.52. The fraction of sp³-hybridized carbons (Fsp3) is 0.429. The minimum Gasteiger partial charge on any atom is -0.501 e. The standard InChI is InChI=1S/C14H18N2O2/c15-16-14(10-4-3-7-17-8-10)12-9-18-13-6-2-1-5-11(12)13/h1-2,5-6,8,12,14,16H,3-4,7,9,15H2. The molecule has 3 rings (SSSR count). The molecule has 0 saturated heterocycles. The fourth-order valence-corrected chi connectivity index (χ4v) is 2.76. The second-order valence-corrected chi connectivity index (χ2v) is 4.77. The van der Waals surface area contributed by atoms with Gasteiger partial charge in [-0.2, -0.15) is 0 Å². The molecule has 4 heteroatoms. The van der Waals surface area contributed by atoms with Crippen molar-refractivity contribution in [2.24, 2.45) is 5.84 Å². The number of hydrogen-bond donors (Lipinski definition) is 2. The van der Waals surface area contributed by atoms with E-state index in [0.29, 0.717) is 6.61 Å². The maximum atomic E-state index is 5.74. The van der Waals surface area contributed by atoms with Crippen molar-refractivity contribution >= 4 is 0 Å². The summed E-state index contributed by atoms with van der Waals surface area (Å²) >= 11 is 0. The Balaban J connectivity index is 1.87. The first-order valence-electron chi connectivity index (χ1n) is 6.38. The molecular weight excluding hydrogens is 228 g/mol. The summed E-state index contributed by atoms with van der Waals surface area (Å²) in [6.07, 6.45) is 3.95. The molecule has 18 heavy (non-hydrogen) atoms. The van der Waals surface area contributed by atoms with E-state index in [4.69, 9.17) is 15.3 Å². The first kappa shape index (κ1) is 11.6. The van der Waals surface area contributed by atoms with E-state index in [1.54, 1.807) is 0 Å². The summed E-state index contributed by atoms with van der Waals surface area (Å²) in [7, 11) is 0. The van der Waals surface area contributed by atoms with E-state index in [-0.39, 0.29) is 12.0 Å². The Kier molecular flexibility index (Phi) is 3.21. The third-order valence-corrected chi connectivity index (χ3v) is 3.68. The summed E-state index contributed by atoms with van der Waals surface area (Å²) in [6, 6.07) is 8.25. The highest BCUT2D eigenvalue weighted by Crippen LogP contribution is 2.38. The highest BCUT2D eigenvalue weighted by Gasteiger charge is 2.33. The third kappa shape index (κ3) is 1.98. The lowest BCUT2D eigenvalue weighted by Crippen LogP contribution is -2.42. The van der Waals surface area contributed by atoms with Gasteiger partial charge in [-0.1, -0.05) is 18.2 Å². The van der Waals surface area contributed by atoms with Gasteiger partial charge in [0.2, 0.25) is 0 Å². The zero-order valence-corrected chi connectivity index (χ0v) is 10.3. The smallest absolute Gasteiger partial charge is 0.122 e. The van der Waals surface area contributed by atoms with Crippen molar-refractivity contribution in [3.8, 4) is 5.75 Å². The summed E-state index contributed by atoms with van der Waals surface area (Å²) in [4.78, 5) is 0. The number of fused-ring (bicyclic) bond motifs is 1. The number of benzene rings is 1. The van der Waals surface area contributed by atoms with Gasteiger partial charge in [-0.15, -0.1) is 0 Å². The van der Waals surface area contributed by atoms with E-state index >= 15 is 0 Å². The van der Waals surface area contributed by atoms with Crippen LogP contribution in [0.4, 0.5) is 0 Å². The summed E-state index contributed by atoms with van der Waals surface area (Å²) in [5, 5.41) is 0. The zero-order chi connectivity index (χ0) is 12.4. The van der Waals surface area contributed by atoms with Gasteiger partial charge >= 0.3 is 0 Å². The molecule has 1 aromatic carbocycles. The molecule has 96 valence electrons. The van der Waals surface area contributed by atoms with Crippen LogP contribution in [0.1, 0.15) is 24.3 Å². The quantitative estimate of drug-likeness (QED) is 0.629. The summed E-state index contributed by atoms with van der Waals surface area (Å²) < 4.78 is 11.1. The Morgan fingerprint density at radius 1 is 1.33 bits per heavy atom. The molecular formula is C14H18N2O2. The third-order valence-electron chi connectivity index (χ3n) is 3.68. The molecule has 0 fully saturated rings. The molecule has 0 spiro atoms. The Morgan fingerprint density at radius 2 is 2.22 bits per heavy atom. The van der Waals surface area contributed by atoms with Crippen LogP contribution in [0.25, 0.3) is 0 Å². The van der Waals surface area contributed by atoms with E-state index in [0.717, 1.165) is 25.2 Å². The van der Waals surface area contributed by atoms with Crippen molar-refractivity contribution in [2.45, 2.75) is 24.8 Å². The van der Waals surface area contributed by atoms with E-state index in [1.807, 2.05) is 24.5 Å². The average molecular weight is 246 g/mol. The number of para-hydroxylation sites is 1. The number of nitrogens with one attached hydrogen (secondary N) is 1. The van der Waals surface area contributed by atoms with Crippen molar-refractivity contribution in [2.75, 3.05) is 13.2 Å². The van der Waals surface area contributed by atoms with Crippen LogP contribution < -0.4 is 16.0 Å². The Labute approximate surface area is 107 Å². The van der Waals surface area contributed by atoms with Gasteiger partial charge in [-0.3, -0.25) is 11.3 Å². The van der Waals surface area contributed by atoms with Crippen LogP contribution in [0, 0.1) is 0 Å². The van der Waals surface area contributed by atoms with E-state index < -0.39 is 0 Å². The molecule has 0 bridgehead atoms. The number of hydrogen-bond acceptors (Lipinski definition) is 4. The molecule has 0 amide bonds. The highest BCUT2D eigenvalue weighted by molar-refractivity contribution is 5.42. The Bertz CT molecular complexity index is 459. The molecule has 3 N–H and O–H groups in total. The number of nitrogens with two attached hydrogens (primary N) is 1. The largest absolute Gasteiger partial charge is 0.501 e. The lowest BCUT2D eigenvalue weighted by Gasteiger charge is -2.26.